The summed E-state index contributed by atoms with van der Waals surface area (Å²) in [7, 11) is 0. The second-order valence-electron chi connectivity index (χ2n) is 5.50. The van der Waals surface area contributed by atoms with Crippen LogP contribution >= 0.6 is 23.5 Å². The van der Waals surface area contributed by atoms with Crippen LogP contribution in [0.1, 0.15) is 78.1 Å². The highest BCUT2D eigenvalue weighted by Gasteiger charge is 2.00. The van der Waals surface area contributed by atoms with Crippen molar-refractivity contribution in [3.8, 4) is 0 Å². The van der Waals surface area contributed by atoms with Gasteiger partial charge in [0.25, 0.3) is 0 Å². The molecule has 2 unspecified atom stereocenters. The maximum Gasteiger partial charge on any atom is 0.00159 e. The predicted octanol–water partition coefficient (Wildman–Crippen LogP) is 6.39. The molecule has 0 aliphatic carbocycles. The van der Waals surface area contributed by atoms with Crippen molar-refractivity contribution >= 4 is 23.5 Å². The Hall–Kier alpha value is 0.700. The van der Waals surface area contributed by atoms with Crippen LogP contribution < -0.4 is 0 Å². The van der Waals surface area contributed by atoms with E-state index in [4.69, 9.17) is 0 Å². The molecule has 0 bridgehead atoms. The van der Waals surface area contributed by atoms with Gasteiger partial charge in [-0.2, -0.15) is 23.5 Å². The number of unbranched alkanes of at least 4 members (excludes halogenated alkanes) is 7. The van der Waals surface area contributed by atoms with Crippen LogP contribution in [-0.4, -0.2) is 23.0 Å². The Labute approximate surface area is 124 Å². The first-order chi connectivity index (χ1) is 8.70. The average Bonchev–Trinajstić information content (AvgIpc) is 2.40. The van der Waals surface area contributed by atoms with Gasteiger partial charge in [0.1, 0.15) is 0 Å². The van der Waals surface area contributed by atoms with E-state index in [0.717, 1.165) is 10.5 Å². The van der Waals surface area contributed by atoms with Crippen molar-refractivity contribution in [1.29, 1.82) is 0 Å². The summed E-state index contributed by atoms with van der Waals surface area (Å²) in [6.45, 7) is 4.69. The smallest absolute Gasteiger partial charge is 0.00159 e. The average molecular weight is 291 g/mol. The monoisotopic (exact) mass is 290 g/mol. The Bertz CT molecular complexity index is 141. The second kappa shape index (κ2) is 14.1. The zero-order valence-electron chi connectivity index (χ0n) is 13.0. The number of rotatable bonds is 13. The Morgan fingerprint density at radius 3 is 1.11 bits per heavy atom. The summed E-state index contributed by atoms with van der Waals surface area (Å²) in [5.74, 6) is 0. The van der Waals surface area contributed by atoms with Gasteiger partial charge in [0.2, 0.25) is 0 Å². The molecular weight excluding hydrogens is 256 g/mol. The molecule has 2 atom stereocenters. The summed E-state index contributed by atoms with van der Waals surface area (Å²) < 4.78 is 0. The van der Waals surface area contributed by atoms with Crippen LogP contribution in [-0.2, 0) is 0 Å². The molecule has 0 amide bonds. The van der Waals surface area contributed by atoms with E-state index in [9.17, 15) is 0 Å². The second-order valence-corrected chi connectivity index (χ2v) is 8.05. The van der Waals surface area contributed by atoms with Crippen molar-refractivity contribution in [2.45, 2.75) is 88.6 Å². The van der Waals surface area contributed by atoms with Crippen molar-refractivity contribution < 1.29 is 0 Å². The third-order valence-corrected chi connectivity index (χ3v) is 5.86. The molecule has 0 heterocycles. The summed E-state index contributed by atoms with van der Waals surface area (Å²) in [6, 6.07) is 0. The van der Waals surface area contributed by atoms with Crippen LogP contribution in [0.25, 0.3) is 0 Å². The first kappa shape index (κ1) is 18.7. The summed E-state index contributed by atoms with van der Waals surface area (Å²) in [4.78, 5) is 0. The third-order valence-electron chi connectivity index (χ3n) is 3.78. The fraction of sp³-hybridized carbons (Fsp3) is 1.00. The van der Waals surface area contributed by atoms with E-state index >= 15 is 0 Å². The molecule has 0 N–H and O–H groups in total. The zero-order chi connectivity index (χ0) is 13.6. The van der Waals surface area contributed by atoms with Gasteiger partial charge < -0.3 is 0 Å². The summed E-state index contributed by atoms with van der Waals surface area (Å²) in [6.07, 6.45) is 18.9. The molecular formula is C16H34S2. The van der Waals surface area contributed by atoms with Gasteiger partial charge in [0.15, 0.2) is 0 Å². The van der Waals surface area contributed by atoms with Crippen LogP contribution in [0.5, 0.6) is 0 Å². The minimum absolute atomic E-state index is 0.864. The highest BCUT2D eigenvalue weighted by Crippen LogP contribution is 2.17. The summed E-state index contributed by atoms with van der Waals surface area (Å²) >= 11 is 4.01. The van der Waals surface area contributed by atoms with Gasteiger partial charge in [-0.1, -0.05) is 65.2 Å². The van der Waals surface area contributed by atoms with E-state index in [-0.39, 0.29) is 0 Å². The molecule has 0 aromatic rings. The minimum Gasteiger partial charge on any atom is -0.162 e. The summed E-state index contributed by atoms with van der Waals surface area (Å²) in [5, 5.41) is 1.73. The van der Waals surface area contributed by atoms with E-state index in [1.54, 1.807) is 0 Å². The third kappa shape index (κ3) is 13.1. The van der Waals surface area contributed by atoms with Crippen LogP contribution in [0.4, 0.5) is 0 Å². The molecule has 0 aromatic carbocycles. The lowest BCUT2D eigenvalue weighted by molar-refractivity contribution is 0.551. The summed E-state index contributed by atoms with van der Waals surface area (Å²) in [5.41, 5.74) is 0. The van der Waals surface area contributed by atoms with Gasteiger partial charge >= 0.3 is 0 Å². The zero-order valence-corrected chi connectivity index (χ0v) is 14.7. The van der Waals surface area contributed by atoms with Gasteiger partial charge in [0.05, 0.1) is 0 Å². The molecule has 0 radical (unpaired) electrons. The fourth-order valence-corrected chi connectivity index (χ4v) is 2.96. The molecule has 2 heteroatoms. The molecule has 0 spiro atoms. The molecule has 110 valence electrons. The van der Waals surface area contributed by atoms with Gasteiger partial charge in [0, 0.05) is 10.5 Å². The Kier molecular flexibility index (Phi) is 14.7. The fourth-order valence-electron chi connectivity index (χ4n) is 2.16. The maximum absolute atomic E-state index is 2.35. The van der Waals surface area contributed by atoms with Crippen LogP contribution in [0.3, 0.4) is 0 Å². The normalized spacial score (nSPS) is 14.7. The lowest BCUT2D eigenvalue weighted by Gasteiger charge is -2.08. The van der Waals surface area contributed by atoms with Crippen molar-refractivity contribution in [3.63, 3.8) is 0 Å². The van der Waals surface area contributed by atoms with Gasteiger partial charge in [-0.3, -0.25) is 0 Å². The van der Waals surface area contributed by atoms with E-state index in [0.29, 0.717) is 0 Å². The lowest BCUT2D eigenvalue weighted by atomic mass is 10.1. The van der Waals surface area contributed by atoms with Crippen molar-refractivity contribution in [2.24, 2.45) is 0 Å². The van der Waals surface area contributed by atoms with Crippen LogP contribution in [0, 0.1) is 0 Å². The minimum atomic E-state index is 0.864. The highest BCUT2D eigenvalue weighted by atomic mass is 32.2. The first-order valence-electron chi connectivity index (χ1n) is 7.76. The Balaban J connectivity index is 3.03. The molecule has 0 aliphatic heterocycles. The predicted molar refractivity (Wildman–Crippen MR) is 92.1 cm³/mol. The van der Waals surface area contributed by atoms with Gasteiger partial charge in [-0.05, 0) is 25.4 Å². The number of hydrogen-bond acceptors (Lipinski definition) is 2. The molecule has 0 nitrogen and oxygen atoms in total. The molecule has 0 aromatic heterocycles. The molecule has 0 aliphatic rings. The largest absolute Gasteiger partial charge is 0.162 e. The van der Waals surface area contributed by atoms with Crippen LogP contribution in [0.2, 0.25) is 0 Å². The SMILES string of the molecule is CSC(C)CCCCCCCCCCC(C)SC. The maximum atomic E-state index is 2.35. The molecule has 0 fully saturated rings. The van der Waals surface area contributed by atoms with Crippen molar-refractivity contribution in [1.82, 2.24) is 0 Å². The van der Waals surface area contributed by atoms with Gasteiger partial charge in [-0.15, -0.1) is 0 Å². The number of hydrogen-bond donors (Lipinski definition) is 0. The molecule has 18 heavy (non-hydrogen) atoms. The molecule has 0 rings (SSSR count). The topological polar surface area (TPSA) is 0 Å². The van der Waals surface area contributed by atoms with Crippen LogP contribution in [0.15, 0.2) is 0 Å². The van der Waals surface area contributed by atoms with Crippen molar-refractivity contribution in [3.05, 3.63) is 0 Å². The van der Waals surface area contributed by atoms with E-state index < -0.39 is 0 Å². The number of thioether (sulfide) groups is 2. The van der Waals surface area contributed by atoms with Gasteiger partial charge in [-0.25, -0.2) is 0 Å². The Morgan fingerprint density at radius 2 is 0.833 bits per heavy atom. The first-order valence-corrected chi connectivity index (χ1v) is 10.3. The van der Waals surface area contributed by atoms with E-state index in [1.807, 2.05) is 23.5 Å². The highest BCUT2D eigenvalue weighted by molar-refractivity contribution is 7.99. The molecule has 0 saturated heterocycles. The lowest BCUT2D eigenvalue weighted by Crippen LogP contribution is -1.94. The van der Waals surface area contributed by atoms with Crippen molar-refractivity contribution in [2.75, 3.05) is 12.5 Å². The molecule has 0 saturated carbocycles. The quantitative estimate of drug-likeness (QED) is 0.360. The Morgan fingerprint density at radius 1 is 0.556 bits per heavy atom. The van der Waals surface area contributed by atoms with E-state index in [2.05, 4.69) is 26.4 Å². The van der Waals surface area contributed by atoms with E-state index in [1.165, 1.54) is 64.2 Å². The standard InChI is InChI=1S/C16H34S2/c1-15(17-3)13-11-9-7-5-6-8-10-12-14-16(2)18-4/h15-16H,5-14H2,1-4H3.